The van der Waals surface area contributed by atoms with Gasteiger partial charge in [-0.3, -0.25) is 0 Å². The van der Waals surface area contributed by atoms with Gasteiger partial charge in [0.1, 0.15) is 11.6 Å². The van der Waals surface area contributed by atoms with Gasteiger partial charge >= 0.3 is 0 Å². The topological polar surface area (TPSA) is 39.1 Å². The number of aryl methyl sites for hydroxylation is 1. The number of aromatic nitrogens is 2. The fourth-order valence-corrected chi connectivity index (χ4v) is 4.08. The average Bonchev–Trinajstić information content (AvgIpc) is 3.31. The first-order valence-corrected chi connectivity index (χ1v) is 9.92. The first-order valence-electron chi connectivity index (χ1n) is 9.92. The number of hydrogen-bond donors (Lipinski definition) is 1. The summed E-state index contributed by atoms with van der Waals surface area (Å²) < 4.78 is 20.4. The highest BCUT2D eigenvalue weighted by Crippen LogP contribution is 2.34. The highest BCUT2D eigenvalue weighted by atomic mass is 19.1. The minimum atomic E-state index is -0.236. The number of halogens is 1. The fourth-order valence-electron chi connectivity index (χ4n) is 4.08. The van der Waals surface area contributed by atoms with Crippen molar-refractivity contribution in [2.75, 3.05) is 7.11 Å². The van der Waals surface area contributed by atoms with Crippen molar-refractivity contribution in [1.82, 2.24) is 15.1 Å². The highest BCUT2D eigenvalue weighted by Gasteiger charge is 2.26. The molecular formula is C24H26FN3O. The Balaban J connectivity index is 1.43. The van der Waals surface area contributed by atoms with Crippen molar-refractivity contribution < 1.29 is 9.13 Å². The van der Waals surface area contributed by atoms with Crippen LogP contribution in [0.5, 0.6) is 5.75 Å². The molecule has 0 aliphatic heterocycles. The first kappa shape index (κ1) is 19.4. The van der Waals surface area contributed by atoms with Crippen molar-refractivity contribution in [2.45, 2.75) is 38.8 Å². The van der Waals surface area contributed by atoms with E-state index >= 15 is 0 Å². The predicted octanol–water partition coefficient (Wildman–Crippen LogP) is 4.84. The molecule has 4 rings (SSSR count). The molecule has 0 fully saturated rings. The summed E-state index contributed by atoms with van der Waals surface area (Å²) in [6.45, 7) is 4.96. The number of ether oxygens (including phenoxy) is 1. The third-order valence-electron chi connectivity index (χ3n) is 5.60. The zero-order valence-electron chi connectivity index (χ0n) is 17.0. The van der Waals surface area contributed by atoms with Gasteiger partial charge in [0.05, 0.1) is 18.5 Å². The van der Waals surface area contributed by atoms with Gasteiger partial charge in [-0.15, -0.1) is 0 Å². The largest absolute Gasteiger partial charge is 0.497 e. The quantitative estimate of drug-likeness (QED) is 0.611. The summed E-state index contributed by atoms with van der Waals surface area (Å²) in [5.74, 6) is 0.969. The van der Waals surface area contributed by atoms with E-state index < -0.39 is 0 Å². The molecule has 2 unspecified atom stereocenters. The molecule has 0 spiro atoms. The standard InChI is InChI=1S/C24H26FN3O/c1-16-24(17(2)28(27-16)22-10-7-20(25)8-11-22)19-6-9-21(14-19)26-15-18-4-12-23(29-3)13-5-18/h4-13,19,21,26H,14-15H2,1-3H3. The lowest BCUT2D eigenvalue weighted by Gasteiger charge is -2.15. The van der Waals surface area contributed by atoms with Crippen LogP contribution in [-0.2, 0) is 6.54 Å². The molecule has 1 aromatic heterocycles. The lowest BCUT2D eigenvalue weighted by molar-refractivity contribution is 0.414. The van der Waals surface area contributed by atoms with E-state index in [1.165, 1.54) is 23.3 Å². The maximum absolute atomic E-state index is 13.3. The summed E-state index contributed by atoms with van der Waals surface area (Å²) in [7, 11) is 1.68. The van der Waals surface area contributed by atoms with E-state index in [4.69, 9.17) is 9.84 Å². The van der Waals surface area contributed by atoms with Gasteiger partial charge in [-0.25, -0.2) is 9.07 Å². The molecule has 29 heavy (non-hydrogen) atoms. The Kier molecular flexibility index (Phi) is 5.49. The van der Waals surface area contributed by atoms with Crippen LogP contribution >= 0.6 is 0 Å². The van der Waals surface area contributed by atoms with E-state index in [1.807, 2.05) is 23.7 Å². The maximum atomic E-state index is 13.3. The van der Waals surface area contributed by atoms with Crippen molar-refractivity contribution in [1.29, 1.82) is 0 Å². The minimum absolute atomic E-state index is 0.236. The second-order valence-corrected chi connectivity index (χ2v) is 7.54. The third-order valence-corrected chi connectivity index (χ3v) is 5.60. The van der Waals surface area contributed by atoms with E-state index in [0.717, 1.165) is 35.8 Å². The molecule has 1 heterocycles. The number of hydrogen-bond acceptors (Lipinski definition) is 3. The highest BCUT2D eigenvalue weighted by molar-refractivity contribution is 5.41. The lowest BCUT2D eigenvalue weighted by Crippen LogP contribution is -2.25. The van der Waals surface area contributed by atoms with Crippen LogP contribution in [0.2, 0.25) is 0 Å². The Morgan fingerprint density at radius 1 is 1.07 bits per heavy atom. The molecule has 150 valence electrons. The molecule has 4 nitrogen and oxygen atoms in total. The first-order chi connectivity index (χ1) is 14.0. The summed E-state index contributed by atoms with van der Waals surface area (Å²) in [6.07, 6.45) is 5.53. The molecule has 1 aliphatic rings. The number of allylic oxidation sites excluding steroid dienone is 1. The molecule has 1 N–H and O–H groups in total. The van der Waals surface area contributed by atoms with Crippen LogP contribution in [0.15, 0.2) is 60.7 Å². The van der Waals surface area contributed by atoms with Crippen molar-refractivity contribution in [3.05, 3.63) is 89.0 Å². The van der Waals surface area contributed by atoms with Crippen LogP contribution in [0.25, 0.3) is 5.69 Å². The van der Waals surface area contributed by atoms with Gasteiger partial charge in [0, 0.05) is 29.8 Å². The molecule has 1 aliphatic carbocycles. The molecule has 0 radical (unpaired) electrons. The van der Waals surface area contributed by atoms with Gasteiger partial charge in [0.25, 0.3) is 0 Å². The average molecular weight is 391 g/mol. The molecule has 0 saturated carbocycles. The summed E-state index contributed by atoms with van der Waals surface area (Å²) in [6, 6.07) is 15.0. The second kappa shape index (κ2) is 8.21. The SMILES string of the molecule is COc1ccc(CNC2C=CC(c3c(C)nn(-c4ccc(F)cc4)c3C)C2)cc1. The van der Waals surface area contributed by atoms with Gasteiger partial charge in [-0.1, -0.05) is 24.3 Å². The Morgan fingerprint density at radius 2 is 1.79 bits per heavy atom. The van der Waals surface area contributed by atoms with Crippen LogP contribution < -0.4 is 10.1 Å². The molecular weight excluding hydrogens is 365 g/mol. The smallest absolute Gasteiger partial charge is 0.123 e. The lowest BCUT2D eigenvalue weighted by atomic mass is 9.96. The minimum Gasteiger partial charge on any atom is -0.497 e. The van der Waals surface area contributed by atoms with E-state index in [9.17, 15) is 4.39 Å². The summed E-state index contributed by atoms with van der Waals surface area (Å²) in [5.41, 5.74) is 5.52. The van der Waals surface area contributed by atoms with Gasteiger partial charge < -0.3 is 10.1 Å². The molecule has 0 bridgehead atoms. The van der Waals surface area contributed by atoms with Gasteiger partial charge in [-0.05, 0) is 62.2 Å². The van der Waals surface area contributed by atoms with E-state index in [1.54, 1.807) is 19.2 Å². The Hall–Kier alpha value is -2.92. The summed E-state index contributed by atoms with van der Waals surface area (Å²) in [4.78, 5) is 0. The van der Waals surface area contributed by atoms with Crippen molar-refractivity contribution in [3.63, 3.8) is 0 Å². The molecule has 0 amide bonds. The molecule has 0 saturated heterocycles. The maximum Gasteiger partial charge on any atom is 0.123 e. The number of nitrogens with zero attached hydrogens (tertiary/aromatic N) is 2. The van der Waals surface area contributed by atoms with Crippen LogP contribution in [0.1, 0.15) is 34.9 Å². The zero-order valence-corrected chi connectivity index (χ0v) is 17.0. The Labute approximate surface area is 171 Å². The monoisotopic (exact) mass is 391 g/mol. The van der Waals surface area contributed by atoms with Crippen LogP contribution in [0.4, 0.5) is 4.39 Å². The van der Waals surface area contributed by atoms with E-state index in [-0.39, 0.29) is 5.82 Å². The number of nitrogens with one attached hydrogen (secondary N) is 1. The predicted molar refractivity (Wildman–Crippen MR) is 113 cm³/mol. The van der Waals surface area contributed by atoms with Crippen LogP contribution in [0, 0.1) is 19.7 Å². The van der Waals surface area contributed by atoms with E-state index in [0.29, 0.717) is 12.0 Å². The summed E-state index contributed by atoms with van der Waals surface area (Å²) in [5, 5.41) is 8.34. The molecule has 3 aromatic rings. The second-order valence-electron chi connectivity index (χ2n) is 7.54. The third kappa shape index (κ3) is 4.10. The fraction of sp³-hybridized carbons (Fsp3) is 0.292. The number of benzene rings is 2. The molecule has 2 atom stereocenters. The Morgan fingerprint density at radius 3 is 2.48 bits per heavy atom. The van der Waals surface area contributed by atoms with E-state index in [2.05, 4.69) is 36.5 Å². The molecule has 5 heteroatoms. The van der Waals surface area contributed by atoms with Gasteiger partial charge in [-0.2, -0.15) is 5.10 Å². The summed E-state index contributed by atoms with van der Waals surface area (Å²) >= 11 is 0. The van der Waals surface area contributed by atoms with Gasteiger partial charge in [0.15, 0.2) is 0 Å². The van der Waals surface area contributed by atoms with Crippen molar-refractivity contribution >= 4 is 0 Å². The Bertz CT molecular complexity index is 1010. The zero-order chi connectivity index (χ0) is 20.4. The van der Waals surface area contributed by atoms with Crippen molar-refractivity contribution in [2.24, 2.45) is 0 Å². The number of rotatable bonds is 6. The normalized spacial score (nSPS) is 18.3. The van der Waals surface area contributed by atoms with Crippen LogP contribution in [0.3, 0.4) is 0 Å². The number of methoxy groups -OCH3 is 1. The van der Waals surface area contributed by atoms with Crippen molar-refractivity contribution in [3.8, 4) is 11.4 Å². The van der Waals surface area contributed by atoms with Gasteiger partial charge in [0.2, 0.25) is 0 Å². The van der Waals surface area contributed by atoms with Crippen LogP contribution in [-0.4, -0.2) is 22.9 Å². The molecule has 2 aromatic carbocycles.